The van der Waals surface area contributed by atoms with Crippen LogP contribution in [0, 0.1) is 28.6 Å². The number of halogens is 1. The molecule has 0 radical (unpaired) electrons. The van der Waals surface area contributed by atoms with Crippen molar-refractivity contribution in [1.29, 1.82) is 5.26 Å². The second-order valence-electron chi connectivity index (χ2n) is 9.37. The van der Waals surface area contributed by atoms with Gasteiger partial charge in [0.1, 0.15) is 5.56 Å². The van der Waals surface area contributed by atoms with Gasteiger partial charge in [-0.2, -0.15) is 10.4 Å². The number of nitrogens with zero attached hydrogens (tertiary/aromatic N) is 4. The number of amides is 2. The molecule has 5 rings (SSSR count). The molecule has 3 heterocycles. The van der Waals surface area contributed by atoms with Gasteiger partial charge in [-0.25, -0.2) is 0 Å². The first-order valence-electron chi connectivity index (χ1n) is 11.1. The molecular formula is C23H25ClN6O3. The number of carbonyl (C=O) groups is 2. The van der Waals surface area contributed by atoms with Crippen molar-refractivity contribution in [3.05, 3.63) is 41.0 Å². The molecule has 2 saturated heterocycles. The highest BCUT2D eigenvalue weighted by molar-refractivity contribution is 6.30. The van der Waals surface area contributed by atoms with E-state index in [9.17, 15) is 14.9 Å². The summed E-state index contributed by atoms with van der Waals surface area (Å²) >= 11 is 5.94. The number of hydrogen-bond donors (Lipinski definition) is 2. The Hall–Kier alpha value is -3.09. The van der Waals surface area contributed by atoms with Gasteiger partial charge in [0.2, 0.25) is 5.91 Å². The van der Waals surface area contributed by atoms with Gasteiger partial charge in [-0.3, -0.25) is 14.3 Å². The van der Waals surface area contributed by atoms with Crippen LogP contribution in [0.25, 0.3) is 0 Å². The lowest BCUT2D eigenvalue weighted by atomic mass is 9.74. The lowest BCUT2D eigenvalue weighted by Gasteiger charge is -2.55. The molecule has 2 aliphatic heterocycles. The Kier molecular flexibility index (Phi) is 5.51. The minimum absolute atomic E-state index is 0.134. The van der Waals surface area contributed by atoms with Crippen molar-refractivity contribution >= 4 is 34.9 Å². The van der Waals surface area contributed by atoms with Crippen molar-refractivity contribution in [1.82, 2.24) is 14.7 Å². The second-order valence-corrected chi connectivity index (χ2v) is 9.80. The van der Waals surface area contributed by atoms with Gasteiger partial charge in [-0.1, -0.05) is 11.6 Å². The van der Waals surface area contributed by atoms with Gasteiger partial charge in [0, 0.05) is 35.9 Å². The standard InChI is InChI=1S/C23H25ClN6O3/c24-16-2-4-17(5-3-16)27-21-18(20(26)31)9-30(28-21)19-6-1-14(7-15(19)8-25)22(32)29-10-23(11-29)12-33-13-23/h2-5,9,14-15,19H,1,6-7,10-13H2,(H2,26,31)(H,27,28)/t14-,15+,19-/m1/s1. The van der Waals surface area contributed by atoms with Crippen LogP contribution in [-0.2, 0) is 9.53 Å². The maximum absolute atomic E-state index is 13.0. The fourth-order valence-corrected chi connectivity index (χ4v) is 5.22. The Balaban J connectivity index is 1.29. The molecule has 0 unspecified atom stereocenters. The van der Waals surface area contributed by atoms with Crippen molar-refractivity contribution in [2.75, 3.05) is 31.6 Å². The summed E-state index contributed by atoms with van der Waals surface area (Å²) < 4.78 is 6.94. The van der Waals surface area contributed by atoms with E-state index < -0.39 is 5.91 Å². The summed E-state index contributed by atoms with van der Waals surface area (Å²) in [5.74, 6) is -0.703. The SMILES string of the molecule is N#C[C@@H]1C[C@H](C(=O)N2CC3(COC3)C2)CC[C@H]1n1cc(C(N)=O)c(Nc2ccc(Cl)cc2)n1. The van der Waals surface area contributed by atoms with E-state index >= 15 is 0 Å². The third-order valence-corrected chi connectivity index (χ3v) is 7.21. The van der Waals surface area contributed by atoms with Gasteiger partial charge in [-0.15, -0.1) is 0 Å². The number of likely N-dealkylation sites (tertiary alicyclic amines) is 1. The highest BCUT2D eigenvalue weighted by atomic mass is 35.5. The molecule has 1 spiro atoms. The van der Waals surface area contributed by atoms with E-state index in [0.29, 0.717) is 35.8 Å². The van der Waals surface area contributed by atoms with Crippen molar-refractivity contribution in [3.63, 3.8) is 0 Å². The Morgan fingerprint density at radius 3 is 2.58 bits per heavy atom. The highest BCUT2D eigenvalue weighted by Crippen LogP contribution is 2.42. The molecule has 1 saturated carbocycles. The fourth-order valence-electron chi connectivity index (χ4n) is 5.09. The Morgan fingerprint density at radius 1 is 1.24 bits per heavy atom. The average molecular weight is 469 g/mol. The molecule has 1 aromatic carbocycles. The predicted octanol–water partition coefficient (Wildman–Crippen LogP) is 2.72. The van der Waals surface area contributed by atoms with Crippen LogP contribution in [0.3, 0.4) is 0 Å². The van der Waals surface area contributed by atoms with Gasteiger partial charge in [-0.05, 0) is 43.5 Å². The van der Waals surface area contributed by atoms with Crippen molar-refractivity contribution in [2.45, 2.75) is 25.3 Å². The number of ether oxygens (including phenoxy) is 1. The molecule has 3 aliphatic rings. The number of hydrogen-bond acceptors (Lipinski definition) is 6. The third-order valence-electron chi connectivity index (χ3n) is 6.95. The van der Waals surface area contributed by atoms with Gasteiger partial charge in [0.25, 0.3) is 5.91 Å². The van der Waals surface area contributed by atoms with E-state index in [-0.39, 0.29) is 34.8 Å². The number of carbonyl (C=O) groups excluding carboxylic acids is 2. The Morgan fingerprint density at radius 2 is 1.97 bits per heavy atom. The Bertz CT molecular complexity index is 1110. The zero-order valence-electron chi connectivity index (χ0n) is 18.0. The van der Waals surface area contributed by atoms with E-state index in [1.54, 1.807) is 35.1 Å². The van der Waals surface area contributed by atoms with E-state index in [0.717, 1.165) is 26.3 Å². The summed E-state index contributed by atoms with van der Waals surface area (Å²) in [6.07, 6.45) is 3.36. The maximum atomic E-state index is 13.0. The molecule has 172 valence electrons. The molecule has 1 aromatic heterocycles. The van der Waals surface area contributed by atoms with E-state index in [4.69, 9.17) is 22.1 Å². The van der Waals surface area contributed by atoms with Crippen molar-refractivity contribution in [2.24, 2.45) is 23.0 Å². The molecule has 1 aliphatic carbocycles. The van der Waals surface area contributed by atoms with Gasteiger partial charge < -0.3 is 20.7 Å². The third kappa shape index (κ3) is 4.05. The van der Waals surface area contributed by atoms with E-state index in [2.05, 4.69) is 16.5 Å². The van der Waals surface area contributed by atoms with Crippen LogP contribution in [0.2, 0.25) is 5.02 Å². The summed E-state index contributed by atoms with van der Waals surface area (Å²) in [5, 5.41) is 18.1. The molecule has 3 atom stereocenters. The highest BCUT2D eigenvalue weighted by Gasteiger charge is 2.52. The summed E-state index contributed by atoms with van der Waals surface area (Å²) in [7, 11) is 0. The van der Waals surface area contributed by atoms with Gasteiger partial charge >= 0.3 is 0 Å². The van der Waals surface area contributed by atoms with Crippen molar-refractivity contribution in [3.8, 4) is 6.07 Å². The van der Waals surface area contributed by atoms with Crippen LogP contribution in [0.4, 0.5) is 11.5 Å². The van der Waals surface area contributed by atoms with E-state index in [1.807, 2.05) is 4.90 Å². The lowest BCUT2D eigenvalue weighted by molar-refractivity contribution is -0.198. The summed E-state index contributed by atoms with van der Waals surface area (Å²) in [4.78, 5) is 26.9. The minimum atomic E-state index is -0.609. The molecule has 2 amide bonds. The number of rotatable bonds is 5. The van der Waals surface area contributed by atoms with Crippen LogP contribution in [0.1, 0.15) is 35.7 Å². The molecule has 9 nitrogen and oxygen atoms in total. The number of primary amides is 1. The zero-order chi connectivity index (χ0) is 23.2. The van der Waals surface area contributed by atoms with Crippen LogP contribution >= 0.6 is 11.6 Å². The van der Waals surface area contributed by atoms with Crippen LogP contribution in [0.5, 0.6) is 0 Å². The summed E-state index contributed by atoms with van der Waals surface area (Å²) in [6, 6.07) is 9.13. The lowest BCUT2D eigenvalue weighted by Crippen LogP contribution is -2.68. The number of nitrogens with one attached hydrogen (secondary N) is 1. The van der Waals surface area contributed by atoms with Crippen molar-refractivity contribution < 1.29 is 14.3 Å². The largest absolute Gasteiger partial charge is 0.380 e. The quantitative estimate of drug-likeness (QED) is 0.694. The first-order chi connectivity index (χ1) is 15.9. The monoisotopic (exact) mass is 468 g/mol. The second kappa shape index (κ2) is 8.36. The number of nitriles is 1. The molecule has 0 bridgehead atoms. The first kappa shape index (κ1) is 21.7. The minimum Gasteiger partial charge on any atom is -0.380 e. The summed E-state index contributed by atoms with van der Waals surface area (Å²) in [5.41, 5.74) is 6.71. The number of aromatic nitrogens is 2. The molecule has 3 N–H and O–H groups in total. The van der Waals surface area contributed by atoms with Gasteiger partial charge in [0.15, 0.2) is 5.82 Å². The molecule has 33 heavy (non-hydrogen) atoms. The fraction of sp³-hybridized carbons (Fsp3) is 0.478. The van der Waals surface area contributed by atoms with Gasteiger partial charge in [0.05, 0.1) is 36.7 Å². The zero-order valence-corrected chi connectivity index (χ0v) is 18.8. The normalized spacial score (nSPS) is 25.6. The average Bonchev–Trinajstić information content (AvgIpc) is 3.16. The summed E-state index contributed by atoms with van der Waals surface area (Å²) in [6.45, 7) is 2.98. The van der Waals surface area contributed by atoms with E-state index in [1.165, 1.54) is 0 Å². The predicted molar refractivity (Wildman–Crippen MR) is 121 cm³/mol. The molecule has 3 fully saturated rings. The molecular weight excluding hydrogens is 444 g/mol. The molecule has 2 aromatic rings. The maximum Gasteiger partial charge on any atom is 0.254 e. The van der Waals surface area contributed by atoms with Crippen LogP contribution in [-0.4, -0.2) is 52.8 Å². The molecule has 10 heteroatoms. The Labute approximate surface area is 196 Å². The number of anilines is 2. The number of benzene rings is 1. The topological polar surface area (TPSA) is 126 Å². The number of nitrogens with two attached hydrogens (primary N) is 1. The smallest absolute Gasteiger partial charge is 0.254 e. The van der Waals surface area contributed by atoms with Crippen LogP contribution in [0.15, 0.2) is 30.5 Å². The van der Waals surface area contributed by atoms with Crippen LogP contribution < -0.4 is 11.1 Å². The first-order valence-corrected chi connectivity index (χ1v) is 11.4.